The van der Waals surface area contributed by atoms with Gasteiger partial charge in [0.1, 0.15) is 0 Å². The Balaban J connectivity index is 2.39. The summed E-state index contributed by atoms with van der Waals surface area (Å²) in [5, 5.41) is 3.56. The molecule has 2 rings (SSSR count). The van der Waals surface area contributed by atoms with E-state index in [0.29, 0.717) is 5.57 Å². The lowest BCUT2D eigenvalue weighted by Crippen LogP contribution is -2.38. The van der Waals surface area contributed by atoms with Crippen LogP contribution in [0, 0.1) is 0 Å². The highest BCUT2D eigenvalue weighted by Gasteiger charge is 2.36. The fourth-order valence-corrected chi connectivity index (χ4v) is 1.73. The Morgan fingerprint density at radius 1 is 1.27 bits per heavy atom. The van der Waals surface area contributed by atoms with E-state index in [0.717, 1.165) is 5.69 Å². The van der Waals surface area contributed by atoms with Gasteiger partial charge in [-0.05, 0) is 19.1 Å². The van der Waals surface area contributed by atoms with Crippen molar-refractivity contribution in [2.45, 2.75) is 13.0 Å². The molecule has 1 atom stereocenters. The van der Waals surface area contributed by atoms with Crippen molar-refractivity contribution < 1.29 is 4.79 Å². The van der Waals surface area contributed by atoms with Gasteiger partial charge in [-0.15, -0.1) is 0 Å². The molecule has 1 aliphatic heterocycles. The number of likely N-dealkylation sites (N-methyl/N-ethyl adjacent to an activating group) is 1. The SMILES string of the molecule is C=C1C(=O)N(c2ccccc2)N(C)C1C. The van der Waals surface area contributed by atoms with Gasteiger partial charge < -0.3 is 0 Å². The molecule has 0 radical (unpaired) electrons. The van der Waals surface area contributed by atoms with Crippen molar-refractivity contribution in [2.75, 3.05) is 12.1 Å². The van der Waals surface area contributed by atoms with Crippen LogP contribution >= 0.6 is 0 Å². The van der Waals surface area contributed by atoms with E-state index in [2.05, 4.69) is 6.58 Å². The number of hydrogen-bond acceptors (Lipinski definition) is 2. The van der Waals surface area contributed by atoms with E-state index < -0.39 is 0 Å². The second kappa shape index (κ2) is 3.51. The molecule has 0 aromatic heterocycles. The van der Waals surface area contributed by atoms with Gasteiger partial charge in [0.15, 0.2) is 0 Å². The second-order valence-electron chi connectivity index (χ2n) is 3.73. The molecule has 1 aromatic rings. The van der Waals surface area contributed by atoms with Gasteiger partial charge in [-0.2, -0.15) is 0 Å². The summed E-state index contributed by atoms with van der Waals surface area (Å²) in [7, 11) is 1.90. The lowest BCUT2D eigenvalue weighted by atomic mass is 10.2. The van der Waals surface area contributed by atoms with Crippen molar-refractivity contribution in [3.63, 3.8) is 0 Å². The van der Waals surface area contributed by atoms with Gasteiger partial charge in [-0.1, -0.05) is 24.8 Å². The summed E-state index contributed by atoms with van der Waals surface area (Å²) in [5.41, 5.74) is 1.52. The second-order valence-corrected chi connectivity index (χ2v) is 3.73. The third-order valence-corrected chi connectivity index (χ3v) is 2.85. The largest absolute Gasteiger partial charge is 0.269 e. The normalized spacial score (nSPS) is 22.5. The number of benzene rings is 1. The summed E-state index contributed by atoms with van der Waals surface area (Å²) in [6, 6.07) is 9.67. The fraction of sp³-hybridized carbons (Fsp3) is 0.250. The molecule has 1 amide bonds. The van der Waals surface area contributed by atoms with E-state index in [4.69, 9.17) is 0 Å². The number of hydrazine groups is 1. The molecule has 1 unspecified atom stereocenters. The maximum absolute atomic E-state index is 11.9. The molecule has 1 saturated heterocycles. The Labute approximate surface area is 89.6 Å². The molecule has 1 aromatic carbocycles. The number of para-hydroxylation sites is 1. The smallest absolute Gasteiger partial charge is 0.268 e. The quantitative estimate of drug-likeness (QED) is 0.648. The first-order chi connectivity index (χ1) is 7.13. The van der Waals surface area contributed by atoms with E-state index in [1.807, 2.05) is 49.3 Å². The van der Waals surface area contributed by atoms with Crippen LogP contribution in [-0.2, 0) is 4.79 Å². The predicted molar refractivity (Wildman–Crippen MR) is 60.3 cm³/mol. The number of carbonyl (C=O) groups is 1. The van der Waals surface area contributed by atoms with Crippen molar-refractivity contribution in [2.24, 2.45) is 0 Å². The molecule has 0 saturated carbocycles. The number of nitrogens with zero attached hydrogens (tertiary/aromatic N) is 2. The maximum atomic E-state index is 11.9. The molecule has 1 fully saturated rings. The van der Waals surface area contributed by atoms with Crippen molar-refractivity contribution >= 4 is 11.6 Å². The van der Waals surface area contributed by atoms with Crippen LogP contribution in [0.25, 0.3) is 0 Å². The van der Waals surface area contributed by atoms with Gasteiger partial charge in [0.2, 0.25) is 0 Å². The summed E-state index contributed by atoms with van der Waals surface area (Å²) < 4.78 is 0. The van der Waals surface area contributed by atoms with Crippen LogP contribution in [0.3, 0.4) is 0 Å². The van der Waals surface area contributed by atoms with Crippen LogP contribution in [0.5, 0.6) is 0 Å². The zero-order valence-corrected chi connectivity index (χ0v) is 8.97. The first-order valence-electron chi connectivity index (χ1n) is 4.94. The predicted octanol–water partition coefficient (Wildman–Crippen LogP) is 1.82. The molecule has 0 spiro atoms. The third kappa shape index (κ3) is 1.45. The van der Waals surface area contributed by atoms with Crippen LogP contribution < -0.4 is 5.01 Å². The molecule has 0 N–H and O–H groups in total. The number of rotatable bonds is 1. The van der Waals surface area contributed by atoms with E-state index in [9.17, 15) is 4.79 Å². The Morgan fingerprint density at radius 2 is 1.87 bits per heavy atom. The van der Waals surface area contributed by atoms with E-state index in [1.165, 1.54) is 0 Å². The van der Waals surface area contributed by atoms with Crippen molar-refractivity contribution in [3.8, 4) is 0 Å². The molecular formula is C12H14N2O. The molecule has 3 nitrogen and oxygen atoms in total. The van der Waals surface area contributed by atoms with Crippen LogP contribution in [0.2, 0.25) is 0 Å². The Kier molecular flexibility index (Phi) is 2.32. The summed E-state index contributed by atoms with van der Waals surface area (Å²) in [6.07, 6.45) is 0. The average Bonchev–Trinajstić information content (AvgIpc) is 2.45. The standard InChI is InChI=1S/C12H14N2O/c1-9-10(2)13(3)14(12(9)15)11-7-5-4-6-8-11/h4-8,10H,1H2,2-3H3. The van der Waals surface area contributed by atoms with Crippen LogP contribution in [0.4, 0.5) is 5.69 Å². The molecular weight excluding hydrogens is 188 g/mol. The lowest BCUT2D eigenvalue weighted by Gasteiger charge is -2.25. The maximum Gasteiger partial charge on any atom is 0.269 e. The fourth-order valence-electron chi connectivity index (χ4n) is 1.73. The highest BCUT2D eigenvalue weighted by atomic mass is 16.2. The monoisotopic (exact) mass is 202 g/mol. The van der Waals surface area contributed by atoms with Crippen LogP contribution in [0.1, 0.15) is 6.92 Å². The number of anilines is 1. The zero-order valence-electron chi connectivity index (χ0n) is 8.97. The minimum absolute atomic E-state index is 0.0174. The molecule has 1 aliphatic rings. The van der Waals surface area contributed by atoms with E-state index >= 15 is 0 Å². The van der Waals surface area contributed by atoms with Gasteiger partial charge in [0.05, 0.1) is 11.7 Å². The summed E-state index contributed by atoms with van der Waals surface area (Å²) in [4.78, 5) is 11.9. The van der Waals surface area contributed by atoms with Gasteiger partial charge in [0, 0.05) is 12.6 Å². The molecule has 0 bridgehead atoms. The summed E-state index contributed by atoms with van der Waals surface area (Å²) in [5.74, 6) is -0.0174. The highest BCUT2D eigenvalue weighted by Crippen LogP contribution is 2.27. The average molecular weight is 202 g/mol. The highest BCUT2D eigenvalue weighted by molar-refractivity contribution is 6.07. The van der Waals surface area contributed by atoms with Gasteiger partial charge in [-0.25, -0.2) is 10.0 Å². The van der Waals surface area contributed by atoms with Crippen LogP contribution in [-0.4, -0.2) is 24.0 Å². The molecule has 3 heteroatoms. The summed E-state index contributed by atoms with van der Waals surface area (Å²) >= 11 is 0. The Bertz CT molecular complexity index is 399. The first kappa shape index (κ1) is 9.93. The topological polar surface area (TPSA) is 23.6 Å². The van der Waals surface area contributed by atoms with Crippen LogP contribution in [0.15, 0.2) is 42.5 Å². The first-order valence-corrected chi connectivity index (χ1v) is 4.94. The zero-order chi connectivity index (χ0) is 11.0. The van der Waals surface area contributed by atoms with Gasteiger partial charge >= 0.3 is 0 Å². The number of hydrogen-bond donors (Lipinski definition) is 0. The van der Waals surface area contributed by atoms with Gasteiger partial charge in [0.25, 0.3) is 5.91 Å². The Morgan fingerprint density at radius 3 is 2.33 bits per heavy atom. The lowest BCUT2D eigenvalue weighted by molar-refractivity contribution is -0.115. The van der Waals surface area contributed by atoms with Gasteiger partial charge in [-0.3, -0.25) is 4.79 Å². The molecule has 0 aliphatic carbocycles. The summed E-state index contributed by atoms with van der Waals surface area (Å²) in [6.45, 7) is 5.78. The van der Waals surface area contributed by atoms with Crippen molar-refractivity contribution in [3.05, 3.63) is 42.5 Å². The molecule has 1 heterocycles. The number of amides is 1. The van der Waals surface area contributed by atoms with E-state index in [1.54, 1.807) is 5.01 Å². The third-order valence-electron chi connectivity index (χ3n) is 2.85. The Hall–Kier alpha value is -1.61. The number of carbonyl (C=O) groups excluding carboxylic acids is 1. The van der Waals surface area contributed by atoms with E-state index in [-0.39, 0.29) is 11.9 Å². The van der Waals surface area contributed by atoms with Crippen molar-refractivity contribution in [1.29, 1.82) is 0 Å². The minimum Gasteiger partial charge on any atom is -0.268 e. The molecule has 78 valence electrons. The van der Waals surface area contributed by atoms with Crippen molar-refractivity contribution in [1.82, 2.24) is 5.01 Å². The minimum atomic E-state index is -0.0174. The molecule has 15 heavy (non-hydrogen) atoms.